The summed E-state index contributed by atoms with van der Waals surface area (Å²) in [6, 6.07) is 0. The van der Waals surface area contributed by atoms with Crippen LogP contribution in [0.1, 0.15) is 0 Å². The number of hydrogen-bond donors (Lipinski definition) is 0. The van der Waals surface area contributed by atoms with Gasteiger partial charge in [-0.25, -0.2) is 18.4 Å². The van der Waals surface area contributed by atoms with Gasteiger partial charge in [-0.2, -0.15) is 0 Å². The van der Waals surface area contributed by atoms with E-state index in [2.05, 4.69) is 20.0 Å². The van der Waals surface area contributed by atoms with Gasteiger partial charge in [-0.05, 0) is 0 Å². The molecule has 0 amide bonds. The Hall–Kier alpha value is -1.90. The number of halogens is 2. The molecule has 92 valence electrons. The molecule has 7 nitrogen and oxygen atoms in total. The molecule has 0 spiro atoms. The monoisotopic (exact) mass is 245 g/mol. The van der Waals surface area contributed by atoms with E-state index in [0.717, 1.165) is 4.57 Å². The predicted octanol–water partition coefficient (Wildman–Crippen LogP) is -0.236. The van der Waals surface area contributed by atoms with Crippen LogP contribution >= 0.6 is 0 Å². The number of fused-ring (bicyclic) bond motifs is 1. The first-order valence-corrected chi connectivity index (χ1v) is 4.70. The van der Waals surface area contributed by atoms with Crippen LogP contribution in [0.2, 0.25) is 0 Å². The van der Waals surface area contributed by atoms with Crippen LogP contribution in [0.4, 0.5) is 8.78 Å². The highest BCUT2D eigenvalue weighted by atomic mass is 19.3. The fourth-order valence-electron chi connectivity index (χ4n) is 1.28. The molecule has 0 aliphatic heterocycles. The van der Waals surface area contributed by atoms with Crippen molar-refractivity contribution in [3.05, 3.63) is 16.7 Å². The number of alkyl halides is 2. The van der Waals surface area contributed by atoms with Gasteiger partial charge in [0.25, 0.3) is 12.0 Å². The van der Waals surface area contributed by atoms with Crippen molar-refractivity contribution in [3.8, 4) is 0 Å². The van der Waals surface area contributed by atoms with E-state index in [4.69, 9.17) is 0 Å². The van der Waals surface area contributed by atoms with E-state index >= 15 is 0 Å². The molecule has 0 N–H and O–H groups in total. The fraction of sp³-hybridized carbons (Fsp3) is 0.500. The molecule has 0 aliphatic rings. The van der Waals surface area contributed by atoms with Gasteiger partial charge >= 0.3 is 0 Å². The molecule has 9 heteroatoms. The fourth-order valence-corrected chi connectivity index (χ4v) is 1.28. The lowest BCUT2D eigenvalue weighted by atomic mass is 10.5. The number of aromatic nitrogens is 5. The number of nitrogens with zero attached hydrogens (tertiary/aromatic N) is 5. The van der Waals surface area contributed by atoms with E-state index in [0.29, 0.717) is 5.65 Å². The van der Waals surface area contributed by atoms with Gasteiger partial charge in [0.15, 0.2) is 11.2 Å². The van der Waals surface area contributed by atoms with E-state index in [1.54, 1.807) is 7.05 Å². The molecule has 0 bridgehead atoms. The average Bonchev–Trinajstić information content (AvgIpc) is 2.64. The Kier molecular flexibility index (Phi) is 3.09. The third-order valence-corrected chi connectivity index (χ3v) is 2.05. The molecule has 2 aromatic heterocycles. The minimum atomic E-state index is -2.57. The van der Waals surface area contributed by atoms with Gasteiger partial charge < -0.3 is 4.74 Å². The van der Waals surface area contributed by atoms with E-state index in [-0.39, 0.29) is 12.2 Å². The molecule has 0 saturated heterocycles. The Bertz CT molecular complexity index is 579. The van der Waals surface area contributed by atoms with Crippen LogP contribution in [-0.4, -0.2) is 37.6 Å². The highest BCUT2D eigenvalue weighted by Crippen LogP contribution is 2.00. The van der Waals surface area contributed by atoms with Gasteiger partial charge in [-0.3, -0.25) is 9.36 Å². The van der Waals surface area contributed by atoms with Crippen LogP contribution in [0.3, 0.4) is 0 Å². The number of rotatable bonds is 4. The molecule has 0 radical (unpaired) electrons. The topological polar surface area (TPSA) is 74.8 Å². The predicted molar refractivity (Wildman–Crippen MR) is 52.5 cm³/mol. The van der Waals surface area contributed by atoms with Gasteiger partial charge in [0.1, 0.15) is 19.7 Å². The summed E-state index contributed by atoms with van der Waals surface area (Å²) in [6.45, 7) is -1.02. The summed E-state index contributed by atoms with van der Waals surface area (Å²) in [5.41, 5.74) is -0.0619. The van der Waals surface area contributed by atoms with Crippen molar-refractivity contribution >= 4 is 11.2 Å². The van der Waals surface area contributed by atoms with Crippen LogP contribution < -0.4 is 5.56 Å². The minimum Gasteiger partial charge on any atom is -0.355 e. The molecule has 0 aromatic carbocycles. The van der Waals surface area contributed by atoms with Crippen molar-refractivity contribution in [2.24, 2.45) is 7.05 Å². The summed E-state index contributed by atoms with van der Waals surface area (Å²) in [6.07, 6.45) is -1.36. The molecule has 2 heterocycles. The molecular formula is C8H9F2N5O2. The van der Waals surface area contributed by atoms with E-state index in [9.17, 15) is 13.6 Å². The standard InChI is InChI=1S/C8H9F2N5O2/c1-14-7-6(12-13-14)8(16)15(3-11-7)4-17-2-5(9)10/h3,5H,2,4H2,1H3. The molecule has 0 saturated carbocycles. The van der Waals surface area contributed by atoms with Gasteiger partial charge in [0.2, 0.25) is 0 Å². The maximum absolute atomic E-state index is 11.8. The van der Waals surface area contributed by atoms with Gasteiger partial charge in [0, 0.05) is 7.05 Å². The van der Waals surface area contributed by atoms with Crippen LogP contribution in [0, 0.1) is 0 Å². The maximum atomic E-state index is 11.8. The summed E-state index contributed by atoms with van der Waals surface area (Å²) >= 11 is 0. The first kappa shape index (κ1) is 11.6. The van der Waals surface area contributed by atoms with Crippen molar-refractivity contribution in [2.75, 3.05) is 6.61 Å². The molecule has 17 heavy (non-hydrogen) atoms. The molecule has 0 fully saturated rings. The van der Waals surface area contributed by atoms with Crippen molar-refractivity contribution in [1.82, 2.24) is 24.5 Å². The SMILES string of the molecule is Cn1nnc2c(=O)n(COCC(F)F)cnc21. The van der Waals surface area contributed by atoms with Gasteiger partial charge in [-0.15, -0.1) is 5.10 Å². The second-order valence-corrected chi connectivity index (χ2v) is 3.30. The average molecular weight is 245 g/mol. The third kappa shape index (κ3) is 2.28. The normalized spacial score (nSPS) is 11.5. The Morgan fingerprint density at radius 3 is 3.00 bits per heavy atom. The van der Waals surface area contributed by atoms with Crippen LogP contribution in [0.15, 0.2) is 11.1 Å². The summed E-state index contributed by atoms with van der Waals surface area (Å²) in [5, 5.41) is 7.27. The van der Waals surface area contributed by atoms with Crippen molar-refractivity contribution in [2.45, 2.75) is 13.2 Å². The zero-order chi connectivity index (χ0) is 12.4. The molecule has 0 atom stereocenters. The number of ether oxygens (including phenoxy) is 1. The summed E-state index contributed by atoms with van der Waals surface area (Å²) in [4.78, 5) is 15.7. The first-order chi connectivity index (χ1) is 8.09. The lowest BCUT2D eigenvalue weighted by Crippen LogP contribution is -2.23. The van der Waals surface area contributed by atoms with E-state index < -0.39 is 18.6 Å². The van der Waals surface area contributed by atoms with Crippen LogP contribution in [0.25, 0.3) is 11.2 Å². The quantitative estimate of drug-likeness (QED) is 0.743. The highest BCUT2D eigenvalue weighted by Gasteiger charge is 2.10. The van der Waals surface area contributed by atoms with E-state index in [1.165, 1.54) is 11.0 Å². The van der Waals surface area contributed by atoms with Crippen molar-refractivity contribution < 1.29 is 13.5 Å². The Balaban J connectivity index is 2.24. The Labute approximate surface area is 93.6 Å². The summed E-state index contributed by atoms with van der Waals surface area (Å²) in [5.74, 6) is 0. The number of hydrogen-bond acceptors (Lipinski definition) is 5. The van der Waals surface area contributed by atoms with Crippen LogP contribution in [-0.2, 0) is 18.5 Å². The molecule has 0 unspecified atom stereocenters. The van der Waals surface area contributed by atoms with Gasteiger partial charge in [0.05, 0.1) is 0 Å². The van der Waals surface area contributed by atoms with Crippen LogP contribution in [0.5, 0.6) is 0 Å². The third-order valence-electron chi connectivity index (χ3n) is 2.05. The molecule has 0 aliphatic carbocycles. The minimum absolute atomic E-state index is 0.0793. The zero-order valence-corrected chi connectivity index (χ0v) is 8.88. The largest absolute Gasteiger partial charge is 0.355 e. The molecular weight excluding hydrogens is 236 g/mol. The van der Waals surface area contributed by atoms with Crippen molar-refractivity contribution in [1.29, 1.82) is 0 Å². The maximum Gasteiger partial charge on any atom is 0.285 e. The van der Waals surface area contributed by atoms with Crippen molar-refractivity contribution in [3.63, 3.8) is 0 Å². The van der Waals surface area contributed by atoms with E-state index in [1.807, 2.05) is 0 Å². The molecule has 2 aromatic rings. The Morgan fingerprint density at radius 1 is 1.53 bits per heavy atom. The lowest BCUT2D eigenvalue weighted by molar-refractivity contribution is -0.0121. The smallest absolute Gasteiger partial charge is 0.285 e. The summed E-state index contributed by atoms with van der Waals surface area (Å²) in [7, 11) is 1.60. The molecule has 2 rings (SSSR count). The summed E-state index contributed by atoms with van der Waals surface area (Å²) < 4.78 is 30.7. The Morgan fingerprint density at radius 2 is 2.29 bits per heavy atom. The zero-order valence-electron chi connectivity index (χ0n) is 8.88. The lowest BCUT2D eigenvalue weighted by Gasteiger charge is -2.05. The van der Waals surface area contributed by atoms with Gasteiger partial charge in [-0.1, -0.05) is 5.21 Å². The number of aryl methyl sites for hydroxylation is 1. The first-order valence-electron chi connectivity index (χ1n) is 4.70. The second-order valence-electron chi connectivity index (χ2n) is 3.30. The highest BCUT2D eigenvalue weighted by molar-refractivity contribution is 5.67. The second kappa shape index (κ2) is 4.53.